The summed E-state index contributed by atoms with van der Waals surface area (Å²) in [4.78, 5) is 2.29. The average molecular weight is 222 g/mol. The van der Waals surface area contributed by atoms with Crippen molar-refractivity contribution < 1.29 is 4.74 Å². The van der Waals surface area contributed by atoms with Crippen molar-refractivity contribution >= 4 is 5.69 Å². The van der Waals surface area contributed by atoms with Gasteiger partial charge in [0.05, 0.1) is 6.61 Å². The third kappa shape index (κ3) is 4.64. The lowest BCUT2D eigenvalue weighted by Crippen LogP contribution is -2.36. The summed E-state index contributed by atoms with van der Waals surface area (Å²) in [5.74, 6) is 0. The molecule has 1 rings (SSSR count). The lowest BCUT2D eigenvalue weighted by atomic mass is 10.2. The average Bonchev–Trinajstić information content (AvgIpc) is 2.34. The van der Waals surface area contributed by atoms with Crippen LogP contribution in [0.15, 0.2) is 30.3 Å². The standard InChI is InChI=1S/C13H22N2O/c1-12(15(2)9-10-16-3)11-14-13-7-5-4-6-8-13/h4-8,12,14H,9-11H2,1-3H3. The fourth-order valence-corrected chi connectivity index (χ4v) is 1.43. The fraction of sp³-hybridized carbons (Fsp3) is 0.538. The number of hydrogen-bond donors (Lipinski definition) is 1. The third-order valence-electron chi connectivity index (χ3n) is 2.78. The van der Waals surface area contributed by atoms with Crippen molar-refractivity contribution in [1.29, 1.82) is 0 Å². The summed E-state index contributed by atoms with van der Waals surface area (Å²) in [7, 11) is 3.86. The first-order valence-electron chi connectivity index (χ1n) is 5.72. The van der Waals surface area contributed by atoms with E-state index in [0.717, 1.165) is 19.7 Å². The molecule has 0 heterocycles. The van der Waals surface area contributed by atoms with E-state index in [-0.39, 0.29) is 0 Å². The molecule has 1 N–H and O–H groups in total. The number of rotatable bonds is 7. The zero-order valence-electron chi connectivity index (χ0n) is 10.4. The summed E-state index contributed by atoms with van der Waals surface area (Å²) in [6.07, 6.45) is 0. The second-order valence-corrected chi connectivity index (χ2v) is 4.07. The van der Waals surface area contributed by atoms with Gasteiger partial charge in [-0.1, -0.05) is 18.2 Å². The molecule has 16 heavy (non-hydrogen) atoms. The molecule has 0 amide bonds. The van der Waals surface area contributed by atoms with Gasteiger partial charge >= 0.3 is 0 Å². The third-order valence-corrected chi connectivity index (χ3v) is 2.78. The van der Waals surface area contributed by atoms with Crippen LogP contribution in [0, 0.1) is 0 Å². The summed E-state index contributed by atoms with van der Waals surface area (Å²) in [6, 6.07) is 10.8. The molecule has 1 atom stereocenters. The molecule has 0 aromatic heterocycles. The van der Waals surface area contributed by atoms with Crippen molar-refractivity contribution in [3.05, 3.63) is 30.3 Å². The van der Waals surface area contributed by atoms with Crippen LogP contribution in [-0.4, -0.2) is 44.8 Å². The van der Waals surface area contributed by atoms with E-state index in [2.05, 4.69) is 36.3 Å². The SMILES string of the molecule is COCCN(C)C(C)CNc1ccccc1. The van der Waals surface area contributed by atoms with Gasteiger partial charge in [-0.25, -0.2) is 0 Å². The van der Waals surface area contributed by atoms with Gasteiger partial charge in [0, 0.05) is 31.9 Å². The number of ether oxygens (including phenoxy) is 1. The van der Waals surface area contributed by atoms with Gasteiger partial charge in [-0.3, -0.25) is 4.90 Å². The van der Waals surface area contributed by atoms with Crippen molar-refractivity contribution in [3.8, 4) is 0 Å². The zero-order chi connectivity index (χ0) is 11.8. The lowest BCUT2D eigenvalue weighted by Gasteiger charge is -2.24. The van der Waals surface area contributed by atoms with Crippen molar-refractivity contribution in [1.82, 2.24) is 4.90 Å². The number of nitrogens with one attached hydrogen (secondary N) is 1. The van der Waals surface area contributed by atoms with Crippen LogP contribution in [0.3, 0.4) is 0 Å². The topological polar surface area (TPSA) is 24.5 Å². The Morgan fingerprint density at radius 1 is 1.31 bits per heavy atom. The molecule has 0 saturated carbocycles. The molecule has 0 aliphatic rings. The highest BCUT2D eigenvalue weighted by atomic mass is 16.5. The lowest BCUT2D eigenvalue weighted by molar-refractivity contribution is 0.146. The predicted molar refractivity (Wildman–Crippen MR) is 68.9 cm³/mol. The van der Waals surface area contributed by atoms with E-state index < -0.39 is 0 Å². The summed E-state index contributed by atoms with van der Waals surface area (Å²) >= 11 is 0. The normalized spacial score (nSPS) is 12.8. The molecule has 3 nitrogen and oxygen atoms in total. The molecule has 0 aliphatic heterocycles. The summed E-state index contributed by atoms with van der Waals surface area (Å²) in [5.41, 5.74) is 1.18. The maximum Gasteiger partial charge on any atom is 0.0589 e. The number of anilines is 1. The number of likely N-dealkylation sites (N-methyl/N-ethyl adjacent to an activating group) is 1. The Labute approximate surface area is 98.4 Å². The van der Waals surface area contributed by atoms with Gasteiger partial charge in [-0.05, 0) is 26.1 Å². The maximum absolute atomic E-state index is 5.06. The Kier molecular flexibility index (Phi) is 5.90. The number of para-hydroxylation sites is 1. The van der Waals surface area contributed by atoms with E-state index in [1.807, 2.05) is 18.2 Å². The van der Waals surface area contributed by atoms with Gasteiger partial charge in [-0.2, -0.15) is 0 Å². The van der Waals surface area contributed by atoms with E-state index in [1.165, 1.54) is 5.69 Å². The molecule has 0 bridgehead atoms. The van der Waals surface area contributed by atoms with Gasteiger partial charge in [-0.15, -0.1) is 0 Å². The van der Waals surface area contributed by atoms with Crippen LogP contribution in [0.5, 0.6) is 0 Å². The maximum atomic E-state index is 5.06. The Morgan fingerprint density at radius 2 is 2.00 bits per heavy atom. The molecule has 1 aromatic carbocycles. The van der Waals surface area contributed by atoms with E-state index in [9.17, 15) is 0 Å². The monoisotopic (exact) mass is 222 g/mol. The van der Waals surface area contributed by atoms with E-state index in [0.29, 0.717) is 6.04 Å². The largest absolute Gasteiger partial charge is 0.383 e. The summed E-state index contributed by atoms with van der Waals surface area (Å²) < 4.78 is 5.06. The van der Waals surface area contributed by atoms with Crippen LogP contribution in [0.25, 0.3) is 0 Å². The van der Waals surface area contributed by atoms with E-state index >= 15 is 0 Å². The van der Waals surface area contributed by atoms with Crippen LogP contribution in [0.1, 0.15) is 6.92 Å². The predicted octanol–water partition coefficient (Wildman–Crippen LogP) is 2.07. The number of hydrogen-bond acceptors (Lipinski definition) is 3. The first-order valence-corrected chi connectivity index (χ1v) is 5.72. The van der Waals surface area contributed by atoms with Crippen LogP contribution in [0.2, 0.25) is 0 Å². The Balaban J connectivity index is 2.26. The number of methoxy groups -OCH3 is 1. The summed E-state index contributed by atoms with van der Waals surface area (Å²) in [5, 5.41) is 3.42. The molecule has 1 unspecified atom stereocenters. The van der Waals surface area contributed by atoms with Crippen molar-refractivity contribution in [3.63, 3.8) is 0 Å². The first kappa shape index (κ1) is 13.0. The smallest absolute Gasteiger partial charge is 0.0589 e. The van der Waals surface area contributed by atoms with Crippen molar-refractivity contribution in [2.75, 3.05) is 39.2 Å². The molecule has 0 saturated heterocycles. The van der Waals surface area contributed by atoms with Crippen LogP contribution in [0.4, 0.5) is 5.69 Å². The zero-order valence-corrected chi connectivity index (χ0v) is 10.4. The Morgan fingerprint density at radius 3 is 2.62 bits per heavy atom. The molecule has 0 spiro atoms. The molecular formula is C13H22N2O. The van der Waals surface area contributed by atoms with E-state index in [4.69, 9.17) is 4.74 Å². The van der Waals surface area contributed by atoms with Gasteiger partial charge in [0.25, 0.3) is 0 Å². The molecular weight excluding hydrogens is 200 g/mol. The molecule has 0 aliphatic carbocycles. The quantitative estimate of drug-likeness (QED) is 0.764. The summed E-state index contributed by atoms with van der Waals surface area (Å²) in [6.45, 7) is 4.91. The second kappa shape index (κ2) is 7.25. The van der Waals surface area contributed by atoms with Gasteiger partial charge < -0.3 is 10.1 Å². The molecule has 3 heteroatoms. The van der Waals surface area contributed by atoms with Crippen LogP contribution in [-0.2, 0) is 4.74 Å². The minimum atomic E-state index is 0.496. The Bertz CT molecular complexity index is 277. The number of nitrogens with zero attached hydrogens (tertiary/aromatic N) is 1. The minimum Gasteiger partial charge on any atom is -0.383 e. The van der Waals surface area contributed by atoms with Gasteiger partial charge in [0.15, 0.2) is 0 Å². The second-order valence-electron chi connectivity index (χ2n) is 4.07. The van der Waals surface area contributed by atoms with Crippen LogP contribution >= 0.6 is 0 Å². The molecule has 0 radical (unpaired) electrons. The van der Waals surface area contributed by atoms with Gasteiger partial charge in [0.1, 0.15) is 0 Å². The van der Waals surface area contributed by atoms with Crippen molar-refractivity contribution in [2.24, 2.45) is 0 Å². The van der Waals surface area contributed by atoms with E-state index in [1.54, 1.807) is 7.11 Å². The highest BCUT2D eigenvalue weighted by Crippen LogP contribution is 2.05. The number of benzene rings is 1. The molecule has 1 aromatic rings. The highest BCUT2D eigenvalue weighted by Gasteiger charge is 2.07. The molecule has 0 fully saturated rings. The Hall–Kier alpha value is -1.06. The first-order chi connectivity index (χ1) is 7.74. The minimum absolute atomic E-state index is 0.496. The highest BCUT2D eigenvalue weighted by molar-refractivity contribution is 5.42. The van der Waals surface area contributed by atoms with Gasteiger partial charge in [0.2, 0.25) is 0 Å². The molecule has 90 valence electrons. The van der Waals surface area contributed by atoms with Crippen LogP contribution < -0.4 is 5.32 Å². The fourth-order valence-electron chi connectivity index (χ4n) is 1.43. The van der Waals surface area contributed by atoms with Crippen molar-refractivity contribution in [2.45, 2.75) is 13.0 Å².